The minimum Gasteiger partial charge on any atom is -0.492 e. The second-order valence-electron chi connectivity index (χ2n) is 4.99. The van der Waals surface area contributed by atoms with Gasteiger partial charge in [-0.2, -0.15) is 0 Å². The molecule has 1 aliphatic heterocycles. The first-order valence-corrected chi connectivity index (χ1v) is 7.10. The van der Waals surface area contributed by atoms with Crippen molar-refractivity contribution in [2.75, 3.05) is 19.9 Å². The zero-order chi connectivity index (χ0) is 15.4. The molecule has 0 bridgehead atoms. The summed E-state index contributed by atoms with van der Waals surface area (Å²) in [4.78, 5) is 11.9. The molecule has 5 nitrogen and oxygen atoms in total. The fraction of sp³-hybridized carbons (Fsp3) is 0.235. The van der Waals surface area contributed by atoms with Crippen molar-refractivity contribution in [1.29, 1.82) is 0 Å². The quantitative estimate of drug-likeness (QED) is 0.862. The number of benzene rings is 2. The first-order valence-electron chi connectivity index (χ1n) is 7.10. The maximum Gasteiger partial charge on any atom is 0.251 e. The van der Waals surface area contributed by atoms with Crippen molar-refractivity contribution in [2.45, 2.75) is 6.92 Å². The molecular formula is C17H17NO4. The van der Waals surface area contributed by atoms with Crippen LogP contribution in [0.4, 0.5) is 0 Å². The lowest BCUT2D eigenvalue weighted by Crippen LogP contribution is -2.28. The summed E-state index contributed by atoms with van der Waals surface area (Å²) in [5.41, 5.74) is 1.77. The van der Waals surface area contributed by atoms with Crippen molar-refractivity contribution in [3.05, 3.63) is 53.6 Å². The summed E-state index contributed by atoms with van der Waals surface area (Å²) in [6, 6.07) is 12.9. The van der Waals surface area contributed by atoms with Gasteiger partial charge in [-0.3, -0.25) is 4.79 Å². The van der Waals surface area contributed by atoms with E-state index in [1.807, 2.05) is 43.3 Å². The number of nitrogens with one attached hydrogen (secondary N) is 1. The smallest absolute Gasteiger partial charge is 0.251 e. The van der Waals surface area contributed by atoms with E-state index in [4.69, 9.17) is 14.2 Å². The molecule has 2 aromatic carbocycles. The number of carbonyl (C=O) groups is 1. The number of rotatable bonds is 5. The van der Waals surface area contributed by atoms with Crippen molar-refractivity contribution in [2.24, 2.45) is 0 Å². The third-order valence-electron chi connectivity index (χ3n) is 3.31. The van der Waals surface area contributed by atoms with E-state index in [0.29, 0.717) is 30.2 Å². The van der Waals surface area contributed by atoms with Gasteiger partial charge in [0.1, 0.15) is 12.4 Å². The lowest BCUT2D eigenvalue weighted by Gasteiger charge is -2.08. The first kappa shape index (κ1) is 14.3. The third kappa shape index (κ3) is 3.31. The summed E-state index contributed by atoms with van der Waals surface area (Å²) in [5.74, 6) is 1.99. The van der Waals surface area contributed by atoms with E-state index >= 15 is 0 Å². The minimum absolute atomic E-state index is 0.103. The Balaban J connectivity index is 1.45. The highest BCUT2D eigenvalue weighted by atomic mass is 16.7. The summed E-state index contributed by atoms with van der Waals surface area (Å²) >= 11 is 0. The van der Waals surface area contributed by atoms with Crippen molar-refractivity contribution < 1.29 is 19.0 Å². The van der Waals surface area contributed by atoms with Crippen molar-refractivity contribution >= 4 is 5.91 Å². The Morgan fingerprint density at radius 2 is 1.91 bits per heavy atom. The predicted octanol–water partition coefficient (Wildman–Crippen LogP) is 2.53. The van der Waals surface area contributed by atoms with Crippen LogP contribution in [0.5, 0.6) is 17.2 Å². The minimum atomic E-state index is -0.103. The number of ether oxygens (including phenoxy) is 3. The number of hydrogen-bond donors (Lipinski definition) is 1. The van der Waals surface area contributed by atoms with Gasteiger partial charge in [-0.05, 0) is 31.2 Å². The molecule has 1 heterocycles. The lowest BCUT2D eigenvalue weighted by molar-refractivity contribution is 0.0947. The number of hydrogen-bond acceptors (Lipinski definition) is 4. The third-order valence-corrected chi connectivity index (χ3v) is 3.31. The summed E-state index contributed by atoms with van der Waals surface area (Å²) in [5, 5.41) is 2.82. The zero-order valence-corrected chi connectivity index (χ0v) is 12.3. The Morgan fingerprint density at radius 1 is 1.14 bits per heavy atom. The van der Waals surface area contributed by atoms with Gasteiger partial charge in [-0.25, -0.2) is 0 Å². The molecule has 0 saturated carbocycles. The summed E-state index contributed by atoms with van der Waals surface area (Å²) in [6.45, 7) is 3.05. The van der Waals surface area contributed by atoms with Gasteiger partial charge < -0.3 is 19.5 Å². The van der Waals surface area contributed by atoms with Crippen LogP contribution in [0.15, 0.2) is 42.5 Å². The molecule has 22 heavy (non-hydrogen) atoms. The summed E-state index contributed by atoms with van der Waals surface area (Å²) < 4.78 is 16.1. The molecule has 114 valence electrons. The normalized spacial score (nSPS) is 12.0. The average Bonchev–Trinajstić information content (AvgIpc) is 2.99. The Kier molecular flexibility index (Phi) is 4.14. The summed E-state index contributed by atoms with van der Waals surface area (Å²) in [6.07, 6.45) is 0. The fourth-order valence-corrected chi connectivity index (χ4v) is 2.11. The molecule has 0 saturated heterocycles. The molecule has 1 N–H and O–H groups in total. The average molecular weight is 299 g/mol. The van der Waals surface area contributed by atoms with Gasteiger partial charge in [0.2, 0.25) is 6.79 Å². The molecule has 0 radical (unpaired) electrons. The van der Waals surface area contributed by atoms with E-state index in [1.54, 1.807) is 6.07 Å². The zero-order valence-electron chi connectivity index (χ0n) is 12.3. The standard InChI is InChI=1S/C17H17NO4/c1-12-2-4-13(5-3-12)17(19)18-8-9-20-14-6-7-15-16(10-14)22-11-21-15/h2-7,10H,8-9,11H2,1H3,(H,18,19). The Bertz CT molecular complexity index is 667. The molecule has 0 aliphatic carbocycles. The van der Waals surface area contributed by atoms with E-state index in [0.717, 1.165) is 11.3 Å². The second-order valence-corrected chi connectivity index (χ2v) is 4.99. The Morgan fingerprint density at radius 3 is 2.73 bits per heavy atom. The van der Waals surface area contributed by atoms with Crippen LogP contribution in [0, 0.1) is 6.92 Å². The highest BCUT2D eigenvalue weighted by Crippen LogP contribution is 2.34. The molecule has 0 aromatic heterocycles. The van der Waals surface area contributed by atoms with E-state index in [-0.39, 0.29) is 12.7 Å². The number of fused-ring (bicyclic) bond motifs is 1. The Labute approximate surface area is 128 Å². The molecule has 0 fully saturated rings. The van der Waals surface area contributed by atoms with Gasteiger partial charge in [0.05, 0.1) is 6.54 Å². The molecule has 3 rings (SSSR count). The fourth-order valence-electron chi connectivity index (χ4n) is 2.11. The summed E-state index contributed by atoms with van der Waals surface area (Å²) in [7, 11) is 0. The molecule has 0 unspecified atom stereocenters. The van der Waals surface area contributed by atoms with E-state index in [9.17, 15) is 4.79 Å². The van der Waals surface area contributed by atoms with Crippen LogP contribution in [-0.2, 0) is 0 Å². The van der Waals surface area contributed by atoms with E-state index in [1.165, 1.54) is 0 Å². The topological polar surface area (TPSA) is 56.8 Å². The second kappa shape index (κ2) is 6.39. The SMILES string of the molecule is Cc1ccc(C(=O)NCCOc2ccc3c(c2)OCO3)cc1. The molecule has 0 atom stereocenters. The van der Waals surface area contributed by atoms with Crippen LogP contribution in [0.25, 0.3) is 0 Å². The van der Waals surface area contributed by atoms with Gasteiger partial charge >= 0.3 is 0 Å². The molecule has 1 aliphatic rings. The van der Waals surface area contributed by atoms with Gasteiger partial charge in [-0.15, -0.1) is 0 Å². The van der Waals surface area contributed by atoms with Crippen molar-refractivity contribution in [1.82, 2.24) is 5.32 Å². The van der Waals surface area contributed by atoms with Gasteiger partial charge in [0.15, 0.2) is 11.5 Å². The van der Waals surface area contributed by atoms with Crippen LogP contribution >= 0.6 is 0 Å². The van der Waals surface area contributed by atoms with Crippen LogP contribution in [0.1, 0.15) is 15.9 Å². The highest BCUT2D eigenvalue weighted by molar-refractivity contribution is 5.94. The van der Waals surface area contributed by atoms with Crippen LogP contribution in [0.2, 0.25) is 0 Å². The molecule has 1 amide bonds. The predicted molar refractivity (Wildman–Crippen MR) is 81.6 cm³/mol. The van der Waals surface area contributed by atoms with Crippen LogP contribution < -0.4 is 19.5 Å². The first-order chi connectivity index (χ1) is 10.7. The van der Waals surface area contributed by atoms with Crippen molar-refractivity contribution in [3.63, 3.8) is 0 Å². The van der Waals surface area contributed by atoms with E-state index in [2.05, 4.69) is 5.32 Å². The largest absolute Gasteiger partial charge is 0.492 e. The van der Waals surface area contributed by atoms with E-state index < -0.39 is 0 Å². The monoisotopic (exact) mass is 299 g/mol. The number of carbonyl (C=O) groups excluding carboxylic acids is 1. The molecule has 2 aromatic rings. The van der Waals surface area contributed by atoms with Crippen LogP contribution in [-0.4, -0.2) is 25.9 Å². The molecule has 5 heteroatoms. The maximum atomic E-state index is 11.9. The Hall–Kier alpha value is -2.69. The van der Waals surface area contributed by atoms with Crippen molar-refractivity contribution in [3.8, 4) is 17.2 Å². The number of amides is 1. The van der Waals surface area contributed by atoms with Gasteiger partial charge in [0, 0.05) is 11.6 Å². The molecular weight excluding hydrogens is 282 g/mol. The highest BCUT2D eigenvalue weighted by Gasteiger charge is 2.13. The van der Waals surface area contributed by atoms with Gasteiger partial charge in [0.25, 0.3) is 5.91 Å². The lowest BCUT2D eigenvalue weighted by atomic mass is 10.1. The van der Waals surface area contributed by atoms with Gasteiger partial charge in [-0.1, -0.05) is 17.7 Å². The number of aryl methyl sites for hydroxylation is 1. The molecule has 0 spiro atoms. The maximum absolute atomic E-state index is 11.9. The van der Waals surface area contributed by atoms with Crippen LogP contribution in [0.3, 0.4) is 0 Å².